The zero-order valence-electron chi connectivity index (χ0n) is 37.8. The second-order valence-electron chi connectivity index (χ2n) is 17.2. The van der Waals surface area contributed by atoms with Crippen molar-refractivity contribution >= 4 is 11.9 Å². The molecule has 6 heteroatoms. The lowest BCUT2D eigenvalue weighted by atomic mass is 10.0. The number of hydrogen-bond donors (Lipinski definition) is 3. The zero-order chi connectivity index (χ0) is 41.0. The van der Waals surface area contributed by atoms with Crippen LogP contribution in [0.3, 0.4) is 0 Å². The van der Waals surface area contributed by atoms with E-state index in [9.17, 15) is 19.8 Å². The Bertz CT molecular complexity index is 847. The van der Waals surface area contributed by atoms with Gasteiger partial charge in [-0.05, 0) is 51.4 Å². The summed E-state index contributed by atoms with van der Waals surface area (Å²) in [6.07, 6.45) is 48.5. The summed E-state index contributed by atoms with van der Waals surface area (Å²) in [6, 6.07) is -0.694. The number of rotatable bonds is 45. The number of ether oxygens (including phenoxy) is 1. The lowest BCUT2D eigenvalue weighted by Gasteiger charge is -2.24. The van der Waals surface area contributed by atoms with Gasteiger partial charge in [0.2, 0.25) is 5.91 Å². The van der Waals surface area contributed by atoms with Gasteiger partial charge in [-0.3, -0.25) is 9.59 Å². The van der Waals surface area contributed by atoms with Crippen LogP contribution >= 0.6 is 0 Å². The van der Waals surface area contributed by atoms with E-state index in [1.807, 2.05) is 0 Å². The minimum absolute atomic E-state index is 0.0817. The molecule has 0 aliphatic rings. The van der Waals surface area contributed by atoms with Gasteiger partial charge in [0.15, 0.2) is 0 Å². The van der Waals surface area contributed by atoms with Crippen LogP contribution in [0, 0.1) is 0 Å². The molecule has 0 aromatic heterocycles. The Balaban J connectivity index is 4.40. The topological polar surface area (TPSA) is 95.9 Å². The number of aliphatic hydroxyl groups excluding tert-OH is 2. The second kappa shape index (κ2) is 44.7. The molecule has 0 saturated heterocycles. The van der Waals surface area contributed by atoms with Gasteiger partial charge in [-0.15, -0.1) is 0 Å². The van der Waals surface area contributed by atoms with Crippen LogP contribution in [0.4, 0.5) is 0 Å². The van der Waals surface area contributed by atoms with Crippen LogP contribution in [-0.2, 0) is 14.3 Å². The van der Waals surface area contributed by atoms with Crippen molar-refractivity contribution in [2.45, 2.75) is 289 Å². The van der Waals surface area contributed by atoms with Gasteiger partial charge >= 0.3 is 5.97 Å². The minimum Gasteiger partial charge on any atom is -0.462 e. The molecule has 0 fully saturated rings. The Hall–Kier alpha value is -1.40. The van der Waals surface area contributed by atoms with Crippen molar-refractivity contribution in [1.82, 2.24) is 5.32 Å². The summed E-state index contributed by atoms with van der Waals surface area (Å²) in [5, 5.41) is 23.7. The monoisotopic (exact) mass is 792 g/mol. The fourth-order valence-corrected chi connectivity index (χ4v) is 7.78. The van der Waals surface area contributed by atoms with Gasteiger partial charge in [0, 0.05) is 6.42 Å². The number of carbonyl (C=O) groups excluding carboxylic acids is 2. The maximum absolute atomic E-state index is 13.1. The van der Waals surface area contributed by atoms with Gasteiger partial charge in [0.1, 0.15) is 6.10 Å². The molecule has 3 atom stereocenters. The number of amides is 1. The smallest absolute Gasteiger partial charge is 0.306 e. The van der Waals surface area contributed by atoms with E-state index in [0.29, 0.717) is 19.3 Å². The number of allylic oxidation sites excluding steroid dienone is 2. The maximum Gasteiger partial charge on any atom is 0.306 e. The number of esters is 1. The molecule has 0 spiro atoms. The SMILES string of the molecule is CCCCCC/C=C\CCCCCCCCCC(=O)OC(CCCCCCCCCC)CC(=O)NC(CO)C(O)CCCCCCCCCCCCCCCC. The quantitative estimate of drug-likeness (QED) is 0.0324. The van der Waals surface area contributed by atoms with Crippen molar-refractivity contribution in [2.24, 2.45) is 0 Å². The van der Waals surface area contributed by atoms with Gasteiger partial charge in [-0.1, -0.05) is 219 Å². The molecule has 6 nitrogen and oxygen atoms in total. The molecule has 0 radical (unpaired) electrons. The average Bonchev–Trinajstić information content (AvgIpc) is 3.19. The molecule has 0 aliphatic heterocycles. The summed E-state index contributed by atoms with van der Waals surface area (Å²) in [5.41, 5.74) is 0. The zero-order valence-corrected chi connectivity index (χ0v) is 37.8. The number of hydrogen-bond acceptors (Lipinski definition) is 5. The molecule has 0 heterocycles. The van der Waals surface area contributed by atoms with E-state index in [1.165, 1.54) is 180 Å². The van der Waals surface area contributed by atoms with Crippen molar-refractivity contribution in [2.75, 3.05) is 6.61 Å². The van der Waals surface area contributed by atoms with Crippen LogP contribution in [0.25, 0.3) is 0 Å². The van der Waals surface area contributed by atoms with Gasteiger partial charge in [-0.25, -0.2) is 0 Å². The Morgan fingerprint density at radius 2 is 0.857 bits per heavy atom. The van der Waals surface area contributed by atoms with Gasteiger partial charge in [0.05, 0.1) is 25.2 Å². The number of aliphatic hydroxyl groups is 2. The lowest BCUT2D eigenvalue weighted by Crippen LogP contribution is -2.46. The Kier molecular flexibility index (Phi) is 43.6. The molecule has 0 aromatic rings. The number of carbonyl (C=O) groups is 2. The summed E-state index contributed by atoms with van der Waals surface area (Å²) in [4.78, 5) is 26.0. The first kappa shape index (κ1) is 54.6. The molecular weight excluding hydrogens is 695 g/mol. The molecule has 56 heavy (non-hydrogen) atoms. The standard InChI is InChI=1S/C50H97NO5/c1-4-7-10-13-16-19-21-23-25-27-29-31-34-37-40-43-50(55)56-46(41-38-35-32-18-15-12-9-6-3)44-49(54)51-47(45-52)48(53)42-39-36-33-30-28-26-24-22-20-17-14-11-8-5-2/h19,21,46-48,52-53H,4-18,20,22-45H2,1-3H3,(H,51,54)/b21-19-. The Morgan fingerprint density at radius 1 is 0.500 bits per heavy atom. The molecule has 0 aromatic carbocycles. The van der Waals surface area contributed by atoms with Gasteiger partial charge < -0.3 is 20.3 Å². The fraction of sp³-hybridized carbons (Fsp3) is 0.920. The number of nitrogens with one attached hydrogen (secondary N) is 1. The molecule has 1 amide bonds. The van der Waals surface area contributed by atoms with Crippen molar-refractivity contribution in [3.05, 3.63) is 12.2 Å². The van der Waals surface area contributed by atoms with Gasteiger partial charge in [0.25, 0.3) is 0 Å². The molecule has 0 rings (SSSR count). The number of unbranched alkanes of at least 4 members (excludes halogenated alkanes) is 31. The van der Waals surface area contributed by atoms with E-state index in [-0.39, 0.29) is 24.9 Å². The highest BCUT2D eigenvalue weighted by Crippen LogP contribution is 2.18. The van der Waals surface area contributed by atoms with E-state index >= 15 is 0 Å². The maximum atomic E-state index is 13.1. The highest BCUT2D eigenvalue weighted by Gasteiger charge is 2.24. The van der Waals surface area contributed by atoms with Crippen molar-refractivity contribution in [3.63, 3.8) is 0 Å². The van der Waals surface area contributed by atoms with E-state index in [4.69, 9.17) is 4.74 Å². The first-order chi connectivity index (χ1) is 27.5. The predicted octanol–water partition coefficient (Wildman–Crippen LogP) is 14.6. The molecule has 0 aliphatic carbocycles. The molecule has 0 saturated carbocycles. The molecule has 3 N–H and O–H groups in total. The van der Waals surface area contributed by atoms with E-state index in [0.717, 1.165) is 44.9 Å². The Morgan fingerprint density at radius 3 is 1.29 bits per heavy atom. The van der Waals surface area contributed by atoms with Crippen molar-refractivity contribution in [1.29, 1.82) is 0 Å². The third kappa shape index (κ3) is 39.4. The van der Waals surface area contributed by atoms with Crippen LogP contribution in [0.2, 0.25) is 0 Å². The van der Waals surface area contributed by atoms with Crippen molar-refractivity contribution in [3.8, 4) is 0 Å². The lowest BCUT2D eigenvalue weighted by molar-refractivity contribution is -0.151. The van der Waals surface area contributed by atoms with E-state index in [2.05, 4.69) is 38.2 Å². The van der Waals surface area contributed by atoms with E-state index in [1.54, 1.807) is 0 Å². The third-order valence-electron chi connectivity index (χ3n) is 11.6. The van der Waals surface area contributed by atoms with Crippen LogP contribution in [-0.4, -0.2) is 46.9 Å². The molecule has 0 bridgehead atoms. The fourth-order valence-electron chi connectivity index (χ4n) is 7.78. The summed E-state index contributed by atoms with van der Waals surface area (Å²) in [7, 11) is 0. The summed E-state index contributed by atoms with van der Waals surface area (Å²) in [6.45, 7) is 6.46. The summed E-state index contributed by atoms with van der Waals surface area (Å²) in [5.74, 6) is -0.468. The largest absolute Gasteiger partial charge is 0.462 e. The summed E-state index contributed by atoms with van der Waals surface area (Å²) < 4.78 is 5.90. The first-order valence-corrected chi connectivity index (χ1v) is 24.9. The molecule has 332 valence electrons. The van der Waals surface area contributed by atoms with Crippen LogP contribution in [0.5, 0.6) is 0 Å². The Labute approximate surface area is 349 Å². The third-order valence-corrected chi connectivity index (χ3v) is 11.6. The highest BCUT2D eigenvalue weighted by atomic mass is 16.5. The average molecular weight is 792 g/mol. The van der Waals surface area contributed by atoms with Crippen LogP contribution < -0.4 is 5.32 Å². The normalized spacial score (nSPS) is 13.3. The molecular formula is C50H97NO5. The van der Waals surface area contributed by atoms with E-state index < -0.39 is 18.2 Å². The molecule has 3 unspecified atom stereocenters. The van der Waals surface area contributed by atoms with Crippen LogP contribution in [0.1, 0.15) is 271 Å². The minimum atomic E-state index is -0.781. The highest BCUT2D eigenvalue weighted by molar-refractivity contribution is 5.77. The van der Waals surface area contributed by atoms with Crippen molar-refractivity contribution < 1.29 is 24.5 Å². The second-order valence-corrected chi connectivity index (χ2v) is 17.2. The van der Waals surface area contributed by atoms with Gasteiger partial charge in [-0.2, -0.15) is 0 Å². The first-order valence-electron chi connectivity index (χ1n) is 24.9. The summed E-state index contributed by atoms with van der Waals surface area (Å²) >= 11 is 0. The predicted molar refractivity (Wildman–Crippen MR) is 241 cm³/mol. The van der Waals surface area contributed by atoms with Crippen LogP contribution in [0.15, 0.2) is 12.2 Å².